The highest BCUT2D eigenvalue weighted by Crippen LogP contribution is 2.21. The minimum Gasteiger partial charge on any atom is -0.341 e. The molecular formula is C12H23N3O3S. The quantitative estimate of drug-likeness (QED) is 0.725. The molecular weight excluding hydrogens is 266 g/mol. The van der Waals surface area contributed by atoms with Gasteiger partial charge in [-0.05, 0) is 38.8 Å². The van der Waals surface area contributed by atoms with Crippen LogP contribution in [-0.2, 0) is 16.1 Å². The number of piperidine rings is 1. The van der Waals surface area contributed by atoms with E-state index < -0.39 is 11.3 Å². The van der Waals surface area contributed by atoms with E-state index in [4.69, 9.17) is 4.55 Å². The lowest BCUT2D eigenvalue weighted by Gasteiger charge is -2.35. The summed E-state index contributed by atoms with van der Waals surface area (Å²) in [6.07, 6.45) is 3.56. The molecule has 2 saturated heterocycles. The van der Waals surface area contributed by atoms with Gasteiger partial charge in [-0.25, -0.2) is 8.93 Å². The van der Waals surface area contributed by atoms with Gasteiger partial charge in [-0.3, -0.25) is 14.2 Å². The summed E-state index contributed by atoms with van der Waals surface area (Å²) in [4.78, 5) is 16.6. The molecule has 2 atom stereocenters. The molecule has 2 rings (SSSR count). The van der Waals surface area contributed by atoms with Gasteiger partial charge in [-0.15, -0.1) is 0 Å². The van der Waals surface area contributed by atoms with Gasteiger partial charge >= 0.3 is 0 Å². The number of hydrogen-bond donors (Lipinski definition) is 2. The first-order chi connectivity index (χ1) is 9.11. The summed E-state index contributed by atoms with van der Waals surface area (Å²) in [6.45, 7) is 5.41. The third-order valence-electron chi connectivity index (χ3n) is 4.13. The molecule has 110 valence electrons. The van der Waals surface area contributed by atoms with Crippen LogP contribution in [0.2, 0.25) is 0 Å². The summed E-state index contributed by atoms with van der Waals surface area (Å²) in [5.74, 6) is 0.239. The second kappa shape index (κ2) is 6.78. The van der Waals surface area contributed by atoms with E-state index in [2.05, 4.69) is 16.5 Å². The highest BCUT2D eigenvalue weighted by atomic mass is 32.2. The van der Waals surface area contributed by atoms with Crippen LogP contribution in [0.5, 0.6) is 0 Å². The smallest absolute Gasteiger partial charge is 0.239 e. The molecule has 0 spiro atoms. The normalized spacial score (nSPS) is 27.7. The first-order valence-electron chi connectivity index (χ1n) is 7.01. The molecule has 2 heterocycles. The Morgan fingerprint density at radius 3 is 2.58 bits per heavy atom. The number of carbonyl (C=O) groups is 1. The molecule has 6 nitrogen and oxygen atoms in total. The standard InChI is InChI=1S/C12H23N3O3S/c1-2-14-7-3-4-11(14)12(16)15-8-5-10(6-9-15)13-19(17)18/h10-11,13H,2-9H2,1H3,(H,17,18)/t11-/m0/s1. The Balaban J connectivity index is 1.83. The maximum Gasteiger partial charge on any atom is 0.239 e. The summed E-state index contributed by atoms with van der Waals surface area (Å²) in [5, 5.41) is 0. The topological polar surface area (TPSA) is 72.9 Å². The average molecular weight is 289 g/mol. The monoisotopic (exact) mass is 289 g/mol. The van der Waals surface area contributed by atoms with E-state index in [9.17, 15) is 9.00 Å². The molecule has 1 amide bonds. The average Bonchev–Trinajstić information content (AvgIpc) is 2.86. The molecule has 7 heteroatoms. The van der Waals surface area contributed by atoms with E-state index >= 15 is 0 Å². The predicted octanol–water partition coefficient (Wildman–Crippen LogP) is 0.188. The van der Waals surface area contributed by atoms with Crippen molar-refractivity contribution >= 4 is 17.2 Å². The zero-order valence-electron chi connectivity index (χ0n) is 11.4. The number of nitrogens with one attached hydrogen (secondary N) is 1. The van der Waals surface area contributed by atoms with Crippen LogP contribution in [0.25, 0.3) is 0 Å². The fraction of sp³-hybridized carbons (Fsp3) is 0.917. The van der Waals surface area contributed by atoms with Gasteiger partial charge in [0.1, 0.15) is 0 Å². The van der Waals surface area contributed by atoms with E-state index in [0.717, 1.165) is 38.8 Å². The number of amides is 1. The second-order valence-corrected chi connectivity index (χ2v) is 5.99. The minimum atomic E-state index is -1.96. The SMILES string of the molecule is CCN1CCC[C@H]1C(=O)N1CCC(NS(=O)O)CC1. The Hall–Kier alpha value is -0.500. The zero-order chi connectivity index (χ0) is 13.8. The van der Waals surface area contributed by atoms with Gasteiger partial charge in [0, 0.05) is 19.1 Å². The number of likely N-dealkylation sites (N-methyl/N-ethyl adjacent to an activating group) is 1. The van der Waals surface area contributed by atoms with Gasteiger partial charge in [0.05, 0.1) is 6.04 Å². The lowest BCUT2D eigenvalue weighted by atomic mass is 10.0. The molecule has 0 aromatic carbocycles. The van der Waals surface area contributed by atoms with E-state index in [0.29, 0.717) is 13.1 Å². The van der Waals surface area contributed by atoms with E-state index in [1.807, 2.05) is 4.90 Å². The largest absolute Gasteiger partial charge is 0.341 e. The van der Waals surface area contributed by atoms with Crippen molar-refractivity contribution < 1.29 is 13.6 Å². The van der Waals surface area contributed by atoms with Crippen molar-refractivity contribution in [2.75, 3.05) is 26.2 Å². The molecule has 0 radical (unpaired) electrons. The highest BCUT2D eigenvalue weighted by molar-refractivity contribution is 7.77. The van der Waals surface area contributed by atoms with Crippen LogP contribution in [0.15, 0.2) is 0 Å². The summed E-state index contributed by atoms with van der Waals surface area (Å²) in [5.41, 5.74) is 0. The Morgan fingerprint density at radius 1 is 1.32 bits per heavy atom. The molecule has 1 unspecified atom stereocenters. The van der Waals surface area contributed by atoms with E-state index in [1.165, 1.54) is 0 Å². The van der Waals surface area contributed by atoms with Crippen molar-refractivity contribution in [1.29, 1.82) is 0 Å². The lowest BCUT2D eigenvalue weighted by Crippen LogP contribution is -2.51. The fourth-order valence-corrected chi connectivity index (χ4v) is 3.58. The molecule has 19 heavy (non-hydrogen) atoms. The van der Waals surface area contributed by atoms with Crippen LogP contribution in [0.3, 0.4) is 0 Å². The van der Waals surface area contributed by atoms with Crippen molar-refractivity contribution in [3.8, 4) is 0 Å². The van der Waals surface area contributed by atoms with Crippen molar-refractivity contribution in [1.82, 2.24) is 14.5 Å². The number of carbonyl (C=O) groups excluding carboxylic acids is 1. The van der Waals surface area contributed by atoms with E-state index in [1.54, 1.807) is 0 Å². The first-order valence-corrected chi connectivity index (χ1v) is 8.12. The Kier molecular flexibility index (Phi) is 5.32. The number of hydrogen-bond acceptors (Lipinski definition) is 3. The number of rotatable bonds is 4. The first kappa shape index (κ1) is 14.9. The van der Waals surface area contributed by atoms with Crippen LogP contribution < -0.4 is 4.72 Å². The Morgan fingerprint density at radius 2 is 2.00 bits per heavy atom. The molecule has 0 aromatic rings. The maximum absolute atomic E-state index is 12.5. The minimum absolute atomic E-state index is 0.0424. The Bertz CT molecular complexity index is 345. The van der Waals surface area contributed by atoms with Crippen LogP contribution in [0, 0.1) is 0 Å². The van der Waals surface area contributed by atoms with Crippen molar-refractivity contribution in [2.24, 2.45) is 0 Å². The highest BCUT2D eigenvalue weighted by Gasteiger charge is 2.34. The molecule has 0 aromatic heterocycles. The zero-order valence-corrected chi connectivity index (χ0v) is 12.2. The molecule has 2 N–H and O–H groups in total. The summed E-state index contributed by atoms with van der Waals surface area (Å²) < 4.78 is 22.1. The van der Waals surface area contributed by atoms with Crippen molar-refractivity contribution in [2.45, 2.75) is 44.7 Å². The predicted molar refractivity (Wildman–Crippen MR) is 73.8 cm³/mol. The Labute approximate surface area is 116 Å². The van der Waals surface area contributed by atoms with Gasteiger partial charge in [0.15, 0.2) is 0 Å². The molecule has 2 fully saturated rings. The van der Waals surface area contributed by atoms with Crippen molar-refractivity contribution in [3.63, 3.8) is 0 Å². The van der Waals surface area contributed by atoms with Gasteiger partial charge in [-0.1, -0.05) is 6.92 Å². The second-order valence-electron chi connectivity index (χ2n) is 5.25. The van der Waals surface area contributed by atoms with Gasteiger partial charge in [0.25, 0.3) is 0 Å². The fourth-order valence-electron chi connectivity index (χ4n) is 3.06. The molecule has 2 aliphatic heterocycles. The third kappa shape index (κ3) is 3.75. The molecule has 2 aliphatic rings. The summed E-state index contributed by atoms with van der Waals surface area (Å²) in [7, 11) is 0. The van der Waals surface area contributed by atoms with Gasteiger partial charge in [0.2, 0.25) is 17.2 Å². The molecule has 0 aliphatic carbocycles. The lowest BCUT2D eigenvalue weighted by molar-refractivity contribution is -0.137. The van der Waals surface area contributed by atoms with Gasteiger partial charge < -0.3 is 4.90 Å². The van der Waals surface area contributed by atoms with Crippen LogP contribution in [-0.4, -0.2) is 62.7 Å². The maximum atomic E-state index is 12.5. The van der Waals surface area contributed by atoms with Crippen LogP contribution in [0.1, 0.15) is 32.6 Å². The molecule has 0 bridgehead atoms. The summed E-state index contributed by atoms with van der Waals surface area (Å²) >= 11 is -1.96. The van der Waals surface area contributed by atoms with Crippen molar-refractivity contribution in [3.05, 3.63) is 0 Å². The summed E-state index contributed by atoms with van der Waals surface area (Å²) in [6, 6.07) is 0.0993. The van der Waals surface area contributed by atoms with Crippen LogP contribution >= 0.6 is 0 Å². The van der Waals surface area contributed by atoms with E-state index in [-0.39, 0.29) is 18.0 Å². The number of nitrogens with zero attached hydrogens (tertiary/aromatic N) is 2. The number of likely N-dealkylation sites (tertiary alicyclic amines) is 2. The van der Waals surface area contributed by atoms with Gasteiger partial charge in [-0.2, -0.15) is 0 Å². The molecule has 0 saturated carbocycles. The third-order valence-corrected chi connectivity index (χ3v) is 4.66. The van der Waals surface area contributed by atoms with Crippen LogP contribution in [0.4, 0.5) is 0 Å².